The Hall–Kier alpha value is -2.15. The molecule has 1 fully saturated rings. The molecule has 0 aromatic heterocycles. The first kappa shape index (κ1) is 14.3. The van der Waals surface area contributed by atoms with Gasteiger partial charge in [-0.3, -0.25) is 10.1 Å². The number of nitro benzene ring substituents is 1. The van der Waals surface area contributed by atoms with E-state index in [4.69, 9.17) is 0 Å². The maximum atomic E-state index is 11.5. The lowest BCUT2D eigenvalue weighted by atomic mass is 10.1. The molecule has 1 heterocycles. The van der Waals surface area contributed by atoms with Gasteiger partial charge in [-0.25, -0.2) is 4.79 Å². The van der Waals surface area contributed by atoms with E-state index in [0.717, 1.165) is 0 Å². The van der Waals surface area contributed by atoms with Gasteiger partial charge >= 0.3 is 5.97 Å². The molecular formula is C13H16N2O5. The van der Waals surface area contributed by atoms with E-state index in [-0.39, 0.29) is 17.4 Å². The summed E-state index contributed by atoms with van der Waals surface area (Å²) in [5.41, 5.74) is 0.623. The lowest BCUT2D eigenvalue weighted by molar-refractivity contribution is -0.384. The van der Waals surface area contributed by atoms with E-state index < -0.39 is 10.9 Å². The average Bonchev–Trinajstić information content (AvgIpc) is 2.46. The Kier molecular flexibility index (Phi) is 4.19. The van der Waals surface area contributed by atoms with Crippen LogP contribution in [0.2, 0.25) is 0 Å². The molecule has 1 aliphatic heterocycles. The van der Waals surface area contributed by atoms with Crippen molar-refractivity contribution in [3.63, 3.8) is 0 Å². The molecule has 0 unspecified atom stereocenters. The van der Waals surface area contributed by atoms with Crippen molar-refractivity contribution in [2.45, 2.75) is 18.9 Å². The smallest absolute Gasteiger partial charge is 0.337 e. The topological polar surface area (TPSA) is 92.9 Å². The number of aliphatic hydroxyl groups is 1. The van der Waals surface area contributed by atoms with E-state index in [1.807, 2.05) is 4.90 Å². The first-order valence-corrected chi connectivity index (χ1v) is 6.32. The molecule has 1 N–H and O–H groups in total. The Labute approximate surface area is 115 Å². The van der Waals surface area contributed by atoms with E-state index in [9.17, 15) is 20.0 Å². The van der Waals surface area contributed by atoms with Crippen LogP contribution >= 0.6 is 0 Å². The average molecular weight is 280 g/mol. The number of esters is 1. The highest BCUT2D eigenvalue weighted by molar-refractivity contribution is 5.91. The molecule has 1 aliphatic rings. The van der Waals surface area contributed by atoms with Crippen LogP contribution in [0.5, 0.6) is 0 Å². The number of nitrogens with zero attached hydrogens (tertiary/aromatic N) is 2. The van der Waals surface area contributed by atoms with Gasteiger partial charge in [0.15, 0.2) is 0 Å². The Morgan fingerprint density at radius 3 is 2.65 bits per heavy atom. The molecular weight excluding hydrogens is 264 g/mol. The van der Waals surface area contributed by atoms with Crippen molar-refractivity contribution < 1.29 is 19.6 Å². The van der Waals surface area contributed by atoms with Crippen LogP contribution in [-0.2, 0) is 4.74 Å². The molecule has 0 radical (unpaired) electrons. The standard InChI is InChI=1S/C13H16N2O5/c1-20-13(17)9-2-3-11(15(18)19)12(8-9)14-6-4-10(16)5-7-14/h2-3,8,10,16H,4-7H2,1H3. The zero-order valence-corrected chi connectivity index (χ0v) is 11.1. The van der Waals surface area contributed by atoms with E-state index in [0.29, 0.717) is 31.6 Å². The number of piperidine rings is 1. The van der Waals surface area contributed by atoms with Gasteiger partial charge in [-0.1, -0.05) is 0 Å². The van der Waals surface area contributed by atoms with Gasteiger partial charge in [0, 0.05) is 19.2 Å². The molecule has 1 aromatic rings. The molecule has 0 bridgehead atoms. The Balaban J connectivity index is 2.36. The number of carbonyl (C=O) groups is 1. The van der Waals surface area contributed by atoms with Gasteiger partial charge in [0.25, 0.3) is 5.69 Å². The van der Waals surface area contributed by atoms with Crippen molar-refractivity contribution in [3.05, 3.63) is 33.9 Å². The Morgan fingerprint density at radius 1 is 1.45 bits per heavy atom. The number of nitro groups is 1. The summed E-state index contributed by atoms with van der Waals surface area (Å²) in [6, 6.07) is 4.17. The van der Waals surface area contributed by atoms with Gasteiger partial charge in [-0.05, 0) is 25.0 Å². The summed E-state index contributed by atoms with van der Waals surface area (Å²) >= 11 is 0. The highest BCUT2D eigenvalue weighted by Crippen LogP contribution is 2.31. The number of ether oxygens (including phenoxy) is 1. The van der Waals surface area contributed by atoms with E-state index in [1.165, 1.54) is 25.3 Å². The highest BCUT2D eigenvalue weighted by Gasteiger charge is 2.25. The van der Waals surface area contributed by atoms with Crippen molar-refractivity contribution in [2.75, 3.05) is 25.1 Å². The third-order valence-electron chi connectivity index (χ3n) is 3.40. The summed E-state index contributed by atoms with van der Waals surface area (Å²) in [5.74, 6) is -0.529. The predicted molar refractivity (Wildman–Crippen MR) is 71.9 cm³/mol. The number of carbonyl (C=O) groups excluding carboxylic acids is 1. The number of rotatable bonds is 3. The molecule has 0 saturated carbocycles. The molecule has 2 rings (SSSR count). The van der Waals surface area contributed by atoms with E-state index >= 15 is 0 Å². The summed E-state index contributed by atoms with van der Waals surface area (Å²) in [6.45, 7) is 1.04. The Bertz CT molecular complexity index is 523. The van der Waals surface area contributed by atoms with Gasteiger partial charge in [0.1, 0.15) is 5.69 Å². The second kappa shape index (κ2) is 5.87. The van der Waals surface area contributed by atoms with Crippen LogP contribution in [0, 0.1) is 10.1 Å². The van der Waals surface area contributed by atoms with Crippen molar-refractivity contribution >= 4 is 17.3 Å². The fraction of sp³-hybridized carbons (Fsp3) is 0.462. The Morgan fingerprint density at radius 2 is 2.10 bits per heavy atom. The summed E-state index contributed by atoms with van der Waals surface area (Å²) in [4.78, 5) is 24.0. The van der Waals surface area contributed by atoms with Crippen LogP contribution in [0.25, 0.3) is 0 Å². The first-order valence-electron chi connectivity index (χ1n) is 6.32. The number of hydrogen-bond donors (Lipinski definition) is 1. The van der Waals surface area contributed by atoms with Crippen molar-refractivity contribution in [1.29, 1.82) is 0 Å². The minimum absolute atomic E-state index is 0.0472. The van der Waals surface area contributed by atoms with Crippen LogP contribution in [0.4, 0.5) is 11.4 Å². The molecule has 7 nitrogen and oxygen atoms in total. The third kappa shape index (κ3) is 2.88. The second-order valence-corrected chi connectivity index (χ2v) is 4.67. The summed E-state index contributed by atoms with van der Waals surface area (Å²) < 4.78 is 4.63. The van der Waals surface area contributed by atoms with Gasteiger partial charge in [-0.2, -0.15) is 0 Å². The van der Waals surface area contributed by atoms with Crippen LogP contribution in [0.3, 0.4) is 0 Å². The largest absolute Gasteiger partial charge is 0.465 e. The number of methoxy groups -OCH3 is 1. The van der Waals surface area contributed by atoms with Crippen LogP contribution in [-0.4, -0.2) is 42.3 Å². The quantitative estimate of drug-likeness (QED) is 0.510. The second-order valence-electron chi connectivity index (χ2n) is 4.67. The van der Waals surface area contributed by atoms with Crippen LogP contribution in [0.15, 0.2) is 18.2 Å². The molecule has 0 aliphatic carbocycles. The summed E-state index contributed by atoms with van der Waals surface area (Å²) in [7, 11) is 1.26. The number of benzene rings is 1. The van der Waals surface area contributed by atoms with Crippen molar-refractivity contribution in [3.8, 4) is 0 Å². The summed E-state index contributed by atoms with van der Waals surface area (Å²) in [6.07, 6.45) is 0.744. The molecule has 0 atom stereocenters. The van der Waals surface area contributed by atoms with E-state index in [1.54, 1.807) is 0 Å². The summed E-state index contributed by atoms with van der Waals surface area (Å²) in [5, 5.41) is 20.6. The third-order valence-corrected chi connectivity index (χ3v) is 3.40. The molecule has 1 saturated heterocycles. The fourth-order valence-corrected chi connectivity index (χ4v) is 2.28. The molecule has 7 heteroatoms. The molecule has 20 heavy (non-hydrogen) atoms. The first-order chi connectivity index (χ1) is 9.52. The number of aliphatic hydroxyl groups excluding tert-OH is 1. The highest BCUT2D eigenvalue weighted by atomic mass is 16.6. The van der Waals surface area contributed by atoms with E-state index in [2.05, 4.69) is 4.74 Å². The predicted octanol–water partition coefficient (Wildman–Crippen LogP) is 1.34. The van der Waals surface area contributed by atoms with Crippen LogP contribution < -0.4 is 4.90 Å². The monoisotopic (exact) mass is 280 g/mol. The maximum Gasteiger partial charge on any atom is 0.337 e. The molecule has 108 valence electrons. The van der Waals surface area contributed by atoms with Gasteiger partial charge in [0.05, 0.1) is 23.7 Å². The lowest BCUT2D eigenvalue weighted by Crippen LogP contribution is -2.36. The zero-order valence-electron chi connectivity index (χ0n) is 11.1. The number of anilines is 1. The van der Waals surface area contributed by atoms with Gasteiger partial charge < -0.3 is 14.7 Å². The van der Waals surface area contributed by atoms with Crippen LogP contribution in [0.1, 0.15) is 23.2 Å². The molecule has 0 spiro atoms. The lowest BCUT2D eigenvalue weighted by Gasteiger charge is -2.31. The van der Waals surface area contributed by atoms with Gasteiger partial charge in [0.2, 0.25) is 0 Å². The normalized spacial score (nSPS) is 16.0. The maximum absolute atomic E-state index is 11.5. The minimum atomic E-state index is -0.529. The van der Waals surface area contributed by atoms with Crippen molar-refractivity contribution in [2.24, 2.45) is 0 Å². The molecule has 0 amide bonds. The number of hydrogen-bond acceptors (Lipinski definition) is 6. The SMILES string of the molecule is COC(=O)c1ccc([N+](=O)[O-])c(N2CCC(O)CC2)c1. The van der Waals surface area contributed by atoms with Crippen molar-refractivity contribution in [1.82, 2.24) is 0 Å². The molecule has 1 aromatic carbocycles. The zero-order chi connectivity index (χ0) is 14.7. The van der Waals surface area contributed by atoms with Gasteiger partial charge in [-0.15, -0.1) is 0 Å². The minimum Gasteiger partial charge on any atom is -0.465 e. The fourth-order valence-electron chi connectivity index (χ4n) is 2.28.